The number of hydrogen-bond donors (Lipinski definition) is 2. The van der Waals surface area contributed by atoms with Crippen molar-refractivity contribution in [2.75, 3.05) is 6.61 Å². The van der Waals surface area contributed by atoms with Gasteiger partial charge in [0.2, 0.25) is 0 Å². The van der Waals surface area contributed by atoms with Crippen LogP contribution >= 0.6 is 0 Å². The topological polar surface area (TPSA) is 97.8 Å². The Morgan fingerprint density at radius 1 is 1.00 bits per heavy atom. The Morgan fingerprint density at radius 2 is 1.61 bits per heavy atom. The quantitative estimate of drug-likeness (QED) is 0.321. The summed E-state index contributed by atoms with van der Waals surface area (Å²) in [5.74, 6) is -1.23. The van der Waals surface area contributed by atoms with E-state index in [1.165, 1.54) is 0 Å². The zero-order valence-corrected chi connectivity index (χ0v) is 23.7. The van der Waals surface area contributed by atoms with Gasteiger partial charge in [0.05, 0.1) is 12.3 Å². The van der Waals surface area contributed by atoms with Crippen LogP contribution in [0.5, 0.6) is 0 Å². The summed E-state index contributed by atoms with van der Waals surface area (Å²) in [4.78, 5) is 29.0. The van der Waals surface area contributed by atoms with E-state index in [0.29, 0.717) is 12.2 Å². The lowest BCUT2D eigenvalue weighted by Gasteiger charge is -2.36. The van der Waals surface area contributed by atoms with Crippen molar-refractivity contribution in [1.82, 2.24) is 10.3 Å². The van der Waals surface area contributed by atoms with E-state index in [4.69, 9.17) is 9.16 Å². The van der Waals surface area contributed by atoms with Crippen LogP contribution in [0.4, 0.5) is 4.79 Å². The zero-order chi connectivity index (χ0) is 27.5. The van der Waals surface area contributed by atoms with Gasteiger partial charge in [-0.1, -0.05) is 75.4 Å². The number of alkyl carbamates (subject to hydrolysis) is 1. The lowest BCUT2D eigenvalue weighted by atomic mass is 9.98. The van der Waals surface area contributed by atoms with E-state index in [1.54, 1.807) is 6.20 Å². The maximum Gasteiger partial charge on any atom is 0.407 e. The van der Waals surface area contributed by atoms with Crippen LogP contribution in [0, 0.1) is 0 Å². The molecule has 7 nitrogen and oxygen atoms in total. The van der Waals surface area contributed by atoms with E-state index in [-0.39, 0.29) is 24.0 Å². The minimum atomic E-state index is -1.90. The number of aromatic nitrogens is 1. The van der Waals surface area contributed by atoms with Gasteiger partial charge in [0.1, 0.15) is 12.6 Å². The number of fused-ring (bicyclic) bond motifs is 3. The van der Waals surface area contributed by atoms with Crippen molar-refractivity contribution in [3.63, 3.8) is 0 Å². The molecule has 1 amide bonds. The van der Waals surface area contributed by atoms with Crippen molar-refractivity contribution in [2.45, 2.75) is 63.9 Å². The Labute approximate surface area is 225 Å². The van der Waals surface area contributed by atoms with E-state index in [2.05, 4.69) is 56.3 Å². The summed E-state index contributed by atoms with van der Waals surface area (Å²) in [6.45, 7) is 11.5. The molecule has 2 N–H and O–H groups in total. The van der Waals surface area contributed by atoms with Crippen molar-refractivity contribution in [2.24, 2.45) is 0 Å². The average Bonchev–Trinajstić information content (AvgIpc) is 3.19. The normalized spacial score (nSPS) is 13.9. The van der Waals surface area contributed by atoms with E-state index >= 15 is 0 Å². The fraction of sp³-hybridized carbons (Fsp3) is 0.367. The number of benzene rings is 2. The molecule has 1 aromatic heterocycles. The number of aliphatic carboxylic acids is 1. The first-order valence-corrected chi connectivity index (χ1v) is 15.8. The first-order valence-electron chi connectivity index (χ1n) is 12.9. The van der Waals surface area contributed by atoms with Gasteiger partial charge in [0, 0.05) is 18.5 Å². The summed E-state index contributed by atoms with van der Waals surface area (Å²) in [5, 5.41) is 12.3. The van der Waals surface area contributed by atoms with E-state index < -0.39 is 26.4 Å². The van der Waals surface area contributed by atoms with Gasteiger partial charge in [-0.25, -0.2) is 9.59 Å². The van der Waals surface area contributed by atoms with Crippen LogP contribution < -0.4 is 5.32 Å². The van der Waals surface area contributed by atoms with Crippen LogP contribution in [0.3, 0.4) is 0 Å². The van der Waals surface area contributed by atoms with Crippen LogP contribution in [-0.2, 0) is 27.0 Å². The molecule has 3 aromatic rings. The lowest BCUT2D eigenvalue weighted by Crippen LogP contribution is -2.43. The Bertz CT molecular complexity index is 1250. The lowest BCUT2D eigenvalue weighted by molar-refractivity contribution is -0.139. The second kappa shape index (κ2) is 11.1. The summed E-state index contributed by atoms with van der Waals surface area (Å²) in [6, 6.07) is 18.7. The number of carboxylic acid groups (broad SMARTS) is 1. The van der Waals surface area contributed by atoms with Crippen molar-refractivity contribution < 1.29 is 23.9 Å². The number of pyridine rings is 1. The molecule has 0 saturated heterocycles. The zero-order valence-electron chi connectivity index (χ0n) is 22.7. The largest absolute Gasteiger partial charge is 0.480 e. The van der Waals surface area contributed by atoms with Gasteiger partial charge < -0.3 is 19.6 Å². The molecule has 0 fully saturated rings. The Hall–Kier alpha value is -3.49. The minimum absolute atomic E-state index is 0.0932. The van der Waals surface area contributed by atoms with Gasteiger partial charge in [0.15, 0.2) is 8.32 Å². The SMILES string of the molecule is CC(C)(C)[Si](C)(C)OCc1ccc(C[C@H](NC(=O)OCC2c3ccccc3-c3ccccc32)C(=O)O)cn1. The van der Waals surface area contributed by atoms with Crippen molar-refractivity contribution in [1.29, 1.82) is 0 Å². The molecule has 4 rings (SSSR count). The molecule has 1 atom stereocenters. The highest BCUT2D eigenvalue weighted by atomic mass is 28.4. The van der Waals surface area contributed by atoms with Crippen LogP contribution in [0.15, 0.2) is 66.9 Å². The molecule has 1 aliphatic rings. The molecule has 0 aliphatic heterocycles. The van der Waals surface area contributed by atoms with Crippen molar-refractivity contribution in [3.05, 3.63) is 89.2 Å². The molecular weight excluding hydrogens is 496 g/mol. The molecule has 0 saturated carbocycles. The first kappa shape index (κ1) is 27.5. The number of rotatable bonds is 9. The number of carboxylic acids is 1. The smallest absolute Gasteiger partial charge is 0.407 e. The number of ether oxygens (including phenoxy) is 1. The summed E-state index contributed by atoms with van der Waals surface area (Å²) in [6.07, 6.45) is 0.974. The molecule has 0 radical (unpaired) electrons. The van der Waals surface area contributed by atoms with Crippen molar-refractivity contribution >= 4 is 20.4 Å². The highest BCUT2D eigenvalue weighted by Gasteiger charge is 2.37. The summed E-state index contributed by atoms with van der Waals surface area (Å²) in [5.41, 5.74) is 5.94. The van der Waals surface area contributed by atoms with Gasteiger partial charge in [-0.2, -0.15) is 0 Å². The number of carbonyl (C=O) groups is 2. The molecule has 0 unspecified atom stereocenters. The predicted molar refractivity (Wildman–Crippen MR) is 150 cm³/mol. The molecule has 38 heavy (non-hydrogen) atoms. The summed E-state index contributed by atoms with van der Waals surface area (Å²) < 4.78 is 11.7. The fourth-order valence-electron chi connectivity index (χ4n) is 4.35. The van der Waals surface area contributed by atoms with Crippen LogP contribution in [0.25, 0.3) is 11.1 Å². The molecule has 2 aromatic carbocycles. The first-order chi connectivity index (χ1) is 18.0. The third kappa shape index (κ3) is 6.14. The van der Waals surface area contributed by atoms with Gasteiger partial charge >= 0.3 is 12.1 Å². The number of nitrogens with one attached hydrogen (secondary N) is 1. The third-order valence-corrected chi connectivity index (χ3v) is 12.1. The Balaban J connectivity index is 1.34. The highest BCUT2D eigenvalue weighted by molar-refractivity contribution is 6.74. The standard InChI is InChI=1S/C30H36N2O5Si/c1-30(2,3)38(4,5)37-18-21-15-14-20(17-31-21)16-27(28(33)34)32-29(35)36-19-26-24-12-8-6-10-22(24)23-11-7-9-13-25(23)26/h6-15,17,26-27H,16,18-19H2,1-5H3,(H,32,35)(H,33,34)/t27-/m0/s1. The molecule has 8 heteroatoms. The average molecular weight is 533 g/mol. The van der Waals surface area contributed by atoms with E-state index in [1.807, 2.05) is 48.5 Å². The molecule has 0 spiro atoms. The molecule has 1 heterocycles. The molecule has 0 bridgehead atoms. The second-order valence-corrected chi connectivity index (χ2v) is 16.1. The predicted octanol–water partition coefficient (Wildman–Crippen LogP) is 6.14. The second-order valence-electron chi connectivity index (χ2n) is 11.3. The van der Waals surface area contributed by atoms with Gasteiger partial charge in [-0.15, -0.1) is 0 Å². The number of hydrogen-bond acceptors (Lipinski definition) is 5. The summed E-state index contributed by atoms with van der Waals surface area (Å²) >= 11 is 0. The maximum absolute atomic E-state index is 12.6. The Morgan fingerprint density at radius 3 is 2.13 bits per heavy atom. The van der Waals surface area contributed by atoms with E-state index in [9.17, 15) is 14.7 Å². The van der Waals surface area contributed by atoms with Crippen LogP contribution in [0.2, 0.25) is 18.1 Å². The maximum atomic E-state index is 12.6. The van der Waals surface area contributed by atoms with Gasteiger partial charge in [0.25, 0.3) is 0 Å². The number of nitrogens with zero attached hydrogens (tertiary/aromatic N) is 1. The molecule has 1 aliphatic carbocycles. The summed E-state index contributed by atoms with van der Waals surface area (Å²) in [7, 11) is -1.90. The van der Waals surface area contributed by atoms with Gasteiger partial charge in [-0.3, -0.25) is 4.98 Å². The van der Waals surface area contributed by atoms with Gasteiger partial charge in [-0.05, 0) is 52.0 Å². The number of amides is 1. The Kier molecular flexibility index (Phi) is 8.04. The fourth-order valence-corrected chi connectivity index (χ4v) is 5.29. The molecular formula is C30H36N2O5Si. The van der Waals surface area contributed by atoms with Crippen molar-refractivity contribution in [3.8, 4) is 11.1 Å². The van der Waals surface area contributed by atoms with Crippen LogP contribution in [-0.4, -0.2) is 43.1 Å². The van der Waals surface area contributed by atoms with Crippen LogP contribution in [0.1, 0.15) is 49.1 Å². The molecule has 200 valence electrons. The number of carbonyl (C=O) groups excluding carboxylic acids is 1. The highest BCUT2D eigenvalue weighted by Crippen LogP contribution is 2.44. The monoisotopic (exact) mass is 532 g/mol. The van der Waals surface area contributed by atoms with E-state index in [0.717, 1.165) is 27.9 Å². The third-order valence-electron chi connectivity index (χ3n) is 7.65. The minimum Gasteiger partial charge on any atom is -0.480 e.